The van der Waals surface area contributed by atoms with Gasteiger partial charge in [0.15, 0.2) is 0 Å². The third-order valence-electron chi connectivity index (χ3n) is 6.57. The Labute approximate surface area is 128 Å². The van der Waals surface area contributed by atoms with Crippen molar-refractivity contribution in [1.29, 1.82) is 0 Å². The highest BCUT2D eigenvalue weighted by Gasteiger charge is 2.50. The van der Waals surface area contributed by atoms with Gasteiger partial charge in [0.2, 0.25) is 0 Å². The van der Waals surface area contributed by atoms with Crippen LogP contribution < -0.4 is 11.3 Å². The van der Waals surface area contributed by atoms with Crippen LogP contribution in [0.1, 0.15) is 44.1 Å². The number of hydrazine groups is 1. The van der Waals surface area contributed by atoms with E-state index in [4.69, 9.17) is 5.84 Å². The number of nitrogens with one attached hydrogen (secondary N) is 1. The van der Waals surface area contributed by atoms with Crippen molar-refractivity contribution in [1.82, 2.24) is 5.43 Å². The maximum atomic E-state index is 5.97. The van der Waals surface area contributed by atoms with E-state index in [0.29, 0.717) is 6.04 Å². The van der Waals surface area contributed by atoms with Crippen molar-refractivity contribution in [3.05, 3.63) is 35.9 Å². The van der Waals surface area contributed by atoms with E-state index in [1.807, 2.05) is 0 Å². The second-order valence-electron chi connectivity index (χ2n) is 7.81. The molecule has 4 aliphatic carbocycles. The molecule has 1 atom stereocenters. The second kappa shape index (κ2) is 5.73. The van der Waals surface area contributed by atoms with E-state index < -0.39 is 0 Å². The smallest absolute Gasteiger partial charge is 0.0247 e. The fraction of sp³-hybridized carbons (Fsp3) is 0.684. The molecule has 4 fully saturated rings. The van der Waals surface area contributed by atoms with E-state index in [0.717, 1.165) is 36.0 Å². The Kier molecular flexibility index (Phi) is 3.76. The predicted octanol–water partition coefficient (Wildman–Crippen LogP) is 3.52. The molecule has 0 aliphatic heterocycles. The first-order valence-corrected chi connectivity index (χ1v) is 8.83. The third-order valence-corrected chi connectivity index (χ3v) is 6.57. The van der Waals surface area contributed by atoms with Crippen molar-refractivity contribution >= 4 is 0 Å². The molecule has 0 aromatic heterocycles. The van der Waals surface area contributed by atoms with E-state index in [1.165, 1.54) is 44.1 Å². The fourth-order valence-electron chi connectivity index (χ4n) is 5.98. The van der Waals surface area contributed by atoms with Crippen LogP contribution in [-0.4, -0.2) is 6.04 Å². The Balaban J connectivity index is 1.43. The molecule has 0 radical (unpaired) electrons. The van der Waals surface area contributed by atoms with Crippen LogP contribution in [-0.2, 0) is 6.42 Å². The van der Waals surface area contributed by atoms with Gasteiger partial charge in [0, 0.05) is 6.04 Å². The molecule has 0 spiro atoms. The quantitative estimate of drug-likeness (QED) is 0.641. The minimum Gasteiger partial charge on any atom is -0.271 e. The summed E-state index contributed by atoms with van der Waals surface area (Å²) in [7, 11) is 0. The summed E-state index contributed by atoms with van der Waals surface area (Å²) in [5, 5.41) is 0. The molecular formula is C19H28N2. The lowest BCUT2D eigenvalue weighted by atomic mass is 9.50. The van der Waals surface area contributed by atoms with Crippen molar-refractivity contribution in [2.45, 2.75) is 51.0 Å². The zero-order valence-electron chi connectivity index (χ0n) is 12.9. The number of hydrogen-bond donors (Lipinski definition) is 2. The monoisotopic (exact) mass is 284 g/mol. The minimum atomic E-state index is 0.514. The van der Waals surface area contributed by atoms with E-state index >= 15 is 0 Å². The number of hydrogen-bond acceptors (Lipinski definition) is 2. The standard InChI is InChI=1S/C19H28N2/c20-21-18(7-6-13-4-2-1-3-5-13)19-16-9-14-8-15(11-16)12-17(19)10-14/h1-5,14-19,21H,6-12,20H2. The van der Waals surface area contributed by atoms with Crippen LogP contribution >= 0.6 is 0 Å². The van der Waals surface area contributed by atoms with Crippen molar-refractivity contribution in [3.8, 4) is 0 Å². The fourth-order valence-corrected chi connectivity index (χ4v) is 5.98. The van der Waals surface area contributed by atoms with Crippen LogP contribution in [0.15, 0.2) is 30.3 Å². The molecule has 4 aliphatic rings. The first-order valence-electron chi connectivity index (χ1n) is 8.83. The highest BCUT2D eigenvalue weighted by molar-refractivity contribution is 5.15. The summed E-state index contributed by atoms with van der Waals surface area (Å²) in [5.41, 5.74) is 4.65. The summed E-state index contributed by atoms with van der Waals surface area (Å²) in [6.07, 6.45) is 9.82. The molecule has 3 N–H and O–H groups in total. The molecule has 2 heteroatoms. The predicted molar refractivity (Wildman–Crippen MR) is 86.4 cm³/mol. The van der Waals surface area contributed by atoms with Crippen LogP contribution in [0.3, 0.4) is 0 Å². The van der Waals surface area contributed by atoms with Gasteiger partial charge in [0.05, 0.1) is 0 Å². The summed E-state index contributed by atoms with van der Waals surface area (Å²) in [6, 6.07) is 11.4. The zero-order chi connectivity index (χ0) is 14.2. The van der Waals surface area contributed by atoms with Crippen LogP contribution in [0.2, 0.25) is 0 Å². The maximum Gasteiger partial charge on any atom is 0.0247 e. The molecule has 0 amide bonds. The molecule has 2 nitrogen and oxygen atoms in total. The van der Waals surface area contributed by atoms with Crippen LogP contribution in [0.5, 0.6) is 0 Å². The van der Waals surface area contributed by atoms with Crippen molar-refractivity contribution in [3.63, 3.8) is 0 Å². The Hall–Kier alpha value is -0.860. The molecule has 0 heterocycles. The molecule has 21 heavy (non-hydrogen) atoms. The molecular weight excluding hydrogens is 256 g/mol. The third kappa shape index (κ3) is 2.64. The molecule has 0 saturated heterocycles. The lowest BCUT2D eigenvalue weighted by molar-refractivity contribution is -0.0529. The van der Waals surface area contributed by atoms with Gasteiger partial charge in [-0.15, -0.1) is 0 Å². The van der Waals surface area contributed by atoms with Gasteiger partial charge in [0.25, 0.3) is 0 Å². The van der Waals surface area contributed by atoms with Gasteiger partial charge in [0.1, 0.15) is 0 Å². The lowest BCUT2D eigenvalue weighted by Crippen LogP contribution is -2.54. The van der Waals surface area contributed by atoms with E-state index in [-0.39, 0.29) is 0 Å². The van der Waals surface area contributed by atoms with Gasteiger partial charge >= 0.3 is 0 Å². The molecule has 114 valence electrons. The molecule has 5 rings (SSSR count). The number of benzene rings is 1. The summed E-state index contributed by atoms with van der Waals surface area (Å²) in [6.45, 7) is 0. The maximum absolute atomic E-state index is 5.97. The van der Waals surface area contributed by atoms with Gasteiger partial charge in [-0.05, 0) is 80.1 Å². The van der Waals surface area contributed by atoms with Crippen LogP contribution in [0.25, 0.3) is 0 Å². The van der Waals surface area contributed by atoms with Crippen molar-refractivity contribution in [2.24, 2.45) is 35.4 Å². The molecule has 4 saturated carbocycles. The lowest BCUT2D eigenvalue weighted by Gasteiger charge is -2.56. The highest BCUT2D eigenvalue weighted by atomic mass is 15.2. The summed E-state index contributed by atoms with van der Waals surface area (Å²) in [4.78, 5) is 0. The Morgan fingerprint density at radius 1 is 0.952 bits per heavy atom. The van der Waals surface area contributed by atoms with E-state index in [2.05, 4.69) is 35.8 Å². The molecule has 1 aromatic rings. The Morgan fingerprint density at radius 2 is 1.57 bits per heavy atom. The Bertz CT molecular complexity index is 442. The highest BCUT2D eigenvalue weighted by Crippen LogP contribution is 2.57. The number of aryl methyl sites for hydroxylation is 1. The first kappa shape index (κ1) is 13.8. The minimum absolute atomic E-state index is 0.514. The largest absolute Gasteiger partial charge is 0.271 e. The molecule has 1 aromatic carbocycles. The van der Waals surface area contributed by atoms with Crippen LogP contribution in [0.4, 0.5) is 0 Å². The van der Waals surface area contributed by atoms with E-state index in [9.17, 15) is 0 Å². The first-order chi connectivity index (χ1) is 10.3. The topological polar surface area (TPSA) is 38.0 Å². The van der Waals surface area contributed by atoms with Gasteiger partial charge in [-0.1, -0.05) is 30.3 Å². The molecule has 1 unspecified atom stereocenters. The van der Waals surface area contributed by atoms with E-state index in [1.54, 1.807) is 0 Å². The van der Waals surface area contributed by atoms with Gasteiger partial charge in [-0.3, -0.25) is 11.3 Å². The average molecular weight is 284 g/mol. The van der Waals surface area contributed by atoms with Gasteiger partial charge in [-0.25, -0.2) is 0 Å². The number of rotatable bonds is 5. The summed E-state index contributed by atoms with van der Waals surface area (Å²) in [5.74, 6) is 10.8. The normalized spacial score (nSPS) is 38.6. The van der Waals surface area contributed by atoms with Gasteiger partial charge in [-0.2, -0.15) is 0 Å². The SMILES string of the molecule is NNC(CCc1ccccc1)C1C2CC3CC(C2)CC1C3. The van der Waals surface area contributed by atoms with Crippen molar-refractivity contribution < 1.29 is 0 Å². The summed E-state index contributed by atoms with van der Waals surface area (Å²) >= 11 is 0. The van der Waals surface area contributed by atoms with Gasteiger partial charge < -0.3 is 0 Å². The van der Waals surface area contributed by atoms with Crippen LogP contribution in [0, 0.1) is 29.6 Å². The summed E-state index contributed by atoms with van der Waals surface area (Å²) < 4.78 is 0. The molecule has 4 bridgehead atoms. The second-order valence-corrected chi connectivity index (χ2v) is 7.81. The zero-order valence-corrected chi connectivity index (χ0v) is 12.9. The Morgan fingerprint density at radius 3 is 2.14 bits per heavy atom. The average Bonchev–Trinajstić information content (AvgIpc) is 2.50. The van der Waals surface area contributed by atoms with Crippen molar-refractivity contribution in [2.75, 3.05) is 0 Å². The number of nitrogens with two attached hydrogens (primary N) is 1.